The van der Waals surface area contributed by atoms with E-state index in [9.17, 15) is 9.59 Å². The van der Waals surface area contributed by atoms with Gasteiger partial charge in [0.15, 0.2) is 0 Å². The van der Waals surface area contributed by atoms with Crippen molar-refractivity contribution in [2.75, 3.05) is 13.6 Å². The van der Waals surface area contributed by atoms with Gasteiger partial charge in [-0.15, -0.1) is 0 Å². The third-order valence-corrected chi connectivity index (χ3v) is 3.87. The number of rotatable bonds is 5. The molecule has 0 amide bonds. The van der Waals surface area contributed by atoms with Crippen LogP contribution >= 0.6 is 0 Å². The summed E-state index contributed by atoms with van der Waals surface area (Å²) in [6.07, 6.45) is 2.47. The van der Waals surface area contributed by atoms with E-state index >= 15 is 0 Å². The Bertz CT molecular complexity index is 712. The fourth-order valence-electron chi connectivity index (χ4n) is 2.47. The Hall–Kier alpha value is -2.08. The summed E-state index contributed by atoms with van der Waals surface area (Å²) in [6, 6.07) is 5.38. The van der Waals surface area contributed by atoms with Gasteiger partial charge in [0.25, 0.3) is 0 Å². The number of benzene rings is 1. The van der Waals surface area contributed by atoms with E-state index < -0.39 is 5.97 Å². The van der Waals surface area contributed by atoms with Crippen LogP contribution in [0.3, 0.4) is 0 Å². The third kappa shape index (κ3) is 2.34. The number of carboxylic acids is 1. The molecular formula is C14H17N3O3. The molecule has 6 heteroatoms. The van der Waals surface area contributed by atoms with Crippen LogP contribution in [0.2, 0.25) is 0 Å². The van der Waals surface area contributed by atoms with Crippen molar-refractivity contribution in [1.29, 1.82) is 0 Å². The Labute approximate surface area is 115 Å². The smallest absolute Gasteiger partial charge is 0.335 e. The predicted octanol–water partition coefficient (Wildman–Crippen LogP) is 1.12. The minimum atomic E-state index is -0.992. The molecule has 6 nitrogen and oxygen atoms in total. The van der Waals surface area contributed by atoms with Crippen molar-refractivity contribution in [2.45, 2.75) is 25.4 Å². The van der Waals surface area contributed by atoms with E-state index in [0.717, 1.165) is 12.1 Å². The van der Waals surface area contributed by atoms with Gasteiger partial charge in [-0.25, -0.2) is 9.59 Å². The lowest BCUT2D eigenvalue weighted by molar-refractivity contribution is 0.0697. The van der Waals surface area contributed by atoms with Crippen LogP contribution in [0, 0.1) is 0 Å². The van der Waals surface area contributed by atoms with Crippen LogP contribution in [-0.4, -0.2) is 45.2 Å². The van der Waals surface area contributed by atoms with Gasteiger partial charge in [0.05, 0.1) is 16.6 Å². The average molecular weight is 275 g/mol. The van der Waals surface area contributed by atoms with Crippen LogP contribution in [0.15, 0.2) is 23.0 Å². The third-order valence-electron chi connectivity index (χ3n) is 3.87. The lowest BCUT2D eigenvalue weighted by atomic mass is 10.2. The number of H-pyrrole nitrogens is 1. The summed E-state index contributed by atoms with van der Waals surface area (Å²) >= 11 is 0. The second kappa shape index (κ2) is 4.79. The van der Waals surface area contributed by atoms with E-state index in [1.54, 1.807) is 10.6 Å². The van der Waals surface area contributed by atoms with E-state index in [-0.39, 0.29) is 11.3 Å². The summed E-state index contributed by atoms with van der Waals surface area (Å²) in [4.78, 5) is 27.9. The second-order valence-electron chi connectivity index (χ2n) is 5.33. The zero-order valence-electron chi connectivity index (χ0n) is 11.3. The van der Waals surface area contributed by atoms with Gasteiger partial charge < -0.3 is 15.0 Å². The minimum absolute atomic E-state index is 0.181. The van der Waals surface area contributed by atoms with Crippen LogP contribution in [-0.2, 0) is 6.54 Å². The van der Waals surface area contributed by atoms with Crippen molar-refractivity contribution < 1.29 is 9.90 Å². The van der Waals surface area contributed by atoms with Gasteiger partial charge in [0.1, 0.15) is 0 Å². The van der Waals surface area contributed by atoms with Gasteiger partial charge in [-0.1, -0.05) is 0 Å². The van der Waals surface area contributed by atoms with Crippen molar-refractivity contribution in [3.8, 4) is 0 Å². The molecule has 3 rings (SSSR count). The van der Waals surface area contributed by atoms with Crippen molar-refractivity contribution >= 4 is 17.0 Å². The number of nitrogens with zero attached hydrogens (tertiary/aromatic N) is 2. The number of likely N-dealkylation sites (N-methyl/N-ethyl adjacent to an activating group) is 1. The first-order chi connectivity index (χ1) is 9.56. The molecule has 0 unspecified atom stereocenters. The second-order valence-corrected chi connectivity index (χ2v) is 5.33. The molecule has 20 heavy (non-hydrogen) atoms. The van der Waals surface area contributed by atoms with Crippen molar-refractivity contribution in [3.05, 3.63) is 34.2 Å². The molecule has 0 aliphatic heterocycles. The van der Waals surface area contributed by atoms with Crippen LogP contribution in [0.25, 0.3) is 11.0 Å². The Morgan fingerprint density at radius 2 is 2.25 bits per heavy atom. The van der Waals surface area contributed by atoms with Gasteiger partial charge in [-0.3, -0.25) is 4.57 Å². The molecule has 2 aromatic rings. The van der Waals surface area contributed by atoms with Crippen molar-refractivity contribution in [3.63, 3.8) is 0 Å². The van der Waals surface area contributed by atoms with Crippen LogP contribution < -0.4 is 5.69 Å². The summed E-state index contributed by atoms with van der Waals surface area (Å²) in [7, 11) is 2.07. The van der Waals surface area contributed by atoms with E-state index in [1.807, 2.05) is 0 Å². The van der Waals surface area contributed by atoms with Crippen LogP contribution in [0.1, 0.15) is 23.2 Å². The molecule has 1 saturated carbocycles. The topological polar surface area (TPSA) is 78.3 Å². The maximum Gasteiger partial charge on any atom is 0.335 e. The molecule has 1 aromatic carbocycles. The fourth-order valence-corrected chi connectivity index (χ4v) is 2.47. The monoisotopic (exact) mass is 275 g/mol. The number of nitrogens with one attached hydrogen (secondary N) is 1. The number of aromatic carboxylic acids is 1. The van der Waals surface area contributed by atoms with Crippen LogP contribution in [0.5, 0.6) is 0 Å². The fraction of sp³-hybridized carbons (Fsp3) is 0.429. The Kier molecular flexibility index (Phi) is 3.10. The first-order valence-electron chi connectivity index (χ1n) is 6.72. The Morgan fingerprint density at radius 3 is 2.90 bits per heavy atom. The molecule has 1 fully saturated rings. The molecule has 106 valence electrons. The van der Waals surface area contributed by atoms with Gasteiger partial charge >= 0.3 is 11.7 Å². The molecule has 0 spiro atoms. The standard InChI is InChI=1S/C14H17N3O3/c1-16(10-3-4-10)6-7-17-12-5-2-9(13(18)19)8-11(12)15-14(17)20/h2,5,8,10H,3-4,6-7H2,1H3,(H,15,20)(H,18,19). The Balaban J connectivity index is 1.88. The molecule has 0 radical (unpaired) electrons. The van der Waals surface area contributed by atoms with Crippen molar-refractivity contribution in [2.24, 2.45) is 0 Å². The average Bonchev–Trinajstić information content (AvgIpc) is 3.20. The van der Waals surface area contributed by atoms with Gasteiger partial charge in [-0.05, 0) is 38.1 Å². The summed E-state index contributed by atoms with van der Waals surface area (Å²) in [5.41, 5.74) is 1.32. The highest BCUT2D eigenvalue weighted by molar-refractivity contribution is 5.92. The molecule has 1 aromatic heterocycles. The van der Waals surface area contributed by atoms with E-state index in [2.05, 4.69) is 16.9 Å². The number of aromatic nitrogens is 2. The Morgan fingerprint density at radius 1 is 1.50 bits per heavy atom. The van der Waals surface area contributed by atoms with E-state index in [4.69, 9.17) is 5.11 Å². The largest absolute Gasteiger partial charge is 0.478 e. The zero-order valence-corrected chi connectivity index (χ0v) is 11.3. The quantitative estimate of drug-likeness (QED) is 0.857. The number of fused-ring (bicyclic) bond motifs is 1. The summed E-state index contributed by atoms with van der Waals surface area (Å²) in [5, 5.41) is 8.96. The first kappa shape index (κ1) is 12.9. The normalized spacial score (nSPS) is 15.1. The highest BCUT2D eigenvalue weighted by atomic mass is 16.4. The molecule has 0 bridgehead atoms. The lowest BCUT2D eigenvalue weighted by Crippen LogP contribution is -2.28. The van der Waals surface area contributed by atoms with E-state index in [0.29, 0.717) is 18.1 Å². The van der Waals surface area contributed by atoms with E-state index in [1.165, 1.54) is 25.0 Å². The van der Waals surface area contributed by atoms with Gasteiger partial charge in [-0.2, -0.15) is 0 Å². The molecule has 1 heterocycles. The summed E-state index contributed by atoms with van der Waals surface area (Å²) in [6.45, 7) is 1.43. The lowest BCUT2D eigenvalue weighted by Gasteiger charge is -2.15. The maximum absolute atomic E-state index is 12.0. The number of hydrogen-bond acceptors (Lipinski definition) is 3. The number of carboxylic acid groups (broad SMARTS) is 1. The predicted molar refractivity (Wildman–Crippen MR) is 75.2 cm³/mol. The van der Waals surface area contributed by atoms with Crippen molar-refractivity contribution in [1.82, 2.24) is 14.5 Å². The zero-order chi connectivity index (χ0) is 14.3. The molecular weight excluding hydrogens is 258 g/mol. The highest BCUT2D eigenvalue weighted by Crippen LogP contribution is 2.25. The van der Waals surface area contributed by atoms with Gasteiger partial charge in [0.2, 0.25) is 0 Å². The summed E-state index contributed by atoms with van der Waals surface area (Å²) in [5.74, 6) is -0.992. The molecule has 0 atom stereocenters. The van der Waals surface area contributed by atoms with Gasteiger partial charge in [0, 0.05) is 19.1 Å². The summed E-state index contributed by atoms with van der Waals surface area (Å²) < 4.78 is 1.67. The number of imidazole rings is 1. The molecule has 1 aliphatic rings. The minimum Gasteiger partial charge on any atom is -0.478 e. The molecule has 2 N–H and O–H groups in total. The number of aromatic amines is 1. The molecule has 1 aliphatic carbocycles. The number of carbonyl (C=O) groups is 1. The number of hydrogen-bond donors (Lipinski definition) is 2. The molecule has 0 saturated heterocycles. The SMILES string of the molecule is CN(CCn1c(=O)[nH]c2cc(C(=O)O)ccc21)C1CC1. The maximum atomic E-state index is 12.0. The van der Waals surface area contributed by atoms with Crippen LogP contribution in [0.4, 0.5) is 0 Å². The first-order valence-corrected chi connectivity index (χ1v) is 6.72. The highest BCUT2D eigenvalue weighted by Gasteiger charge is 2.25.